The lowest BCUT2D eigenvalue weighted by atomic mass is 9.93. The summed E-state index contributed by atoms with van der Waals surface area (Å²) in [7, 11) is 0. The van der Waals surface area contributed by atoms with E-state index in [1.54, 1.807) is 0 Å². The van der Waals surface area contributed by atoms with Crippen LogP contribution >= 0.6 is 0 Å². The van der Waals surface area contributed by atoms with Crippen molar-refractivity contribution in [1.29, 1.82) is 0 Å². The van der Waals surface area contributed by atoms with E-state index in [1.807, 2.05) is 25.2 Å². The first kappa shape index (κ1) is 31.4. The Balaban J connectivity index is 3.22. The summed E-state index contributed by atoms with van der Waals surface area (Å²) >= 11 is 0. The van der Waals surface area contributed by atoms with Gasteiger partial charge in [-0.05, 0) is 79.0 Å². The van der Waals surface area contributed by atoms with Crippen molar-refractivity contribution in [2.45, 2.75) is 60.8 Å². The van der Waals surface area contributed by atoms with E-state index in [2.05, 4.69) is 144 Å². The van der Waals surface area contributed by atoms with E-state index in [0.717, 1.165) is 19.3 Å². The molecule has 0 aliphatic carbocycles. The van der Waals surface area contributed by atoms with Gasteiger partial charge in [0.05, 0.1) is 0 Å². The summed E-state index contributed by atoms with van der Waals surface area (Å²) in [5.74, 6) is 0. The molecule has 0 unspecified atom stereocenters. The van der Waals surface area contributed by atoms with E-state index in [-0.39, 0.29) is 0 Å². The van der Waals surface area contributed by atoms with Crippen molar-refractivity contribution in [3.8, 4) is 0 Å². The lowest BCUT2D eigenvalue weighted by Crippen LogP contribution is -1.91. The number of benzene rings is 1. The van der Waals surface area contributed by atoms with Crippen molar-refractivity contribution in [2.75, 3.05) is 0 Å². The Kier molecular flexibility index (Phi) is 16.6. The van der Waals surface area contributed by atoms with Crippen LogP contribution in [0.5, 0.6) is 0 Å². The second-order valence-electron chi connectivity index (χ2n) is 8.57. The number of rotatable bonds is 14. The van der Waals surface area contributed by atoms with Crippen LogP contribution in [0.15, 0.2) is 150 Å². The summed E-state index contributed by atoms with van der Waals surface area (Å²) < 4.78 is 0. The van der Waals surface area contributed by atoms with Gasteiger partial charge in [-0.15, -0.1) is 0 Å². The highest BCUT2D eigenvalue weighted by Gasteiger charge is 2.07. The predicted molar refractivity (Wildman–Crippen MR) is 170 cm³/mol. The fraction of sp³-hybridized carbons (Fsp3) is 0.243. The highest BCUT2D eigenvalue weighted by Crippen LogP contribution is 2.27. The third-order valence-electron chi connectivity index (χ3n) is 5.92. The van der Waals surface area contributed by atoms with Crippen LogP contribution in [0.25, 0.3) is 5.57 Å². The van der Waals surface area contributed by atoms with Crippen molar-refractivity contribution in [3.63, 3.8) is 0 Å². The van der Waals surface area contributed by atoms with Crippen LogP contribution in [0.1, 0.15) is 65.0 Å². The number of hydrogen-bond donors (Lipinski definition) is 0. The van der Waals surface area contributed by atoms with Crippen LogP contribution in [0.3, 0.4) is 0 Å². The van der Waals surface area contributed by atoms with E-state index in [0.29, 0.717) is 0 Å². The largest absolute Gasteiger partial charge is 0.0990 e. The second kappa shape index (κ2) is 19.5. The highest BCUT2D eigenvalue weighted by atomic mass is 14.1. The lowest BCUT2D eigenvalue weighted by Gasteiger charge is -2.12. The SMILES string of the molecule is C=C/C=C(C(/C=C/C=C(CC)\C(=C/C=C/C(/C=C\CC)=C/C=C/C=C\C)CC)=C/C)\c1ccccc1C. The topological polar surface area (TPSA) is 0 Å². The van der Waals surface area contributed by atoms with E-state index in [4.69, 9.17) is 0 Å². The molecule has 1 aromatic rings. The minimum Gasteiger partial charge on any atom is -0.0990 e. The van der Waals surface area contributed by atoms with Crippen LogP contribution in [0.2, 0.25) is 0 Å². The van der Waals surface area contributed by atoms with Gasteiger partial charge in [0.25, 0.3) is 0 Å². The molecule has 37 heavy (non-hydrogen) atoms. The van der Waals surface area contributed by atoms with Gasteiger partial charge in [0, 0.05) is 0 Å². The number of allylic oxidation sites excluding steroid dienone is 21. The summed E-state index contributed by atoms with van der Waals surface area (Å²) in [6.07, 6.45) is 37.1. The minimum absolute atomic E-state index is 0.987. The van der Waals surface area contributed by atoms with E-state index >= 15 is 0 Å². The molecule has 0 spiro atoms. The van der Waals surface area contributed by atoms with Crippen molar-refractivity contribution in [1.82, 2.24) is 0 Å². The minimum atomic E-state index is 0.987. The maximum Gasteiger partial charge on any atom is -0.0112 e. The van der Waals surface area contributed by atoms with E-state index < -0.39 is 0 Å². The zero-order chi connectivity index (χ0) is 27.3. The number of aryl methyl sites for hydroxylation is 1. The van der Waals surface area contributed by atoms with Gasteiger partial charge in [0.1, 0.15) is 0 Å². The smallest absolute Gasteiger partial charge is 0.0112 e. The Morgan fingerprint density at radius 3 is 2.00 bits per heavy atom. The maximum absolute atomic E-state index is 3.94. The first-order chi connectivity index (χ1) is 18.1. The average Bonchev–Trinajstić information content (AvgIpc) is 2.91. The Hall–Kier alpha value is -3.64. The highest BCUT2D eigenvalue weighted by molar-refractivity contribution is 5.84. The van der Waals surface area contributed by atoms with E-state index in [1.165, 1.54) is 39.0 Å². The molecule has 0 fully saturated rings. The molecule has 1 rings (SSSR count). The van der Waals surface area contributed by atoms with Crippen molar-refractivity contribution in [3.05, 3.63) is 161 Å². The molecule has 0 aliphatic rings. The molecule has 0 N–H and O–H groups in total. The molecule has 0 radical (unpaired) electrons. The van der Waals surface area contributed by atoms with Crippen molar-refractivity contribution in [2.24, 2.45) is 0 Å². The Bertz CT molecular complexity index is 1140. The first-order valence-corrected chi connectivity index (χ1v) is 13.5. The molecule has 0 nitrogen and oxygen atoms in total. The fourth-order valence-corrected chi connectivity index (χ4v) is 3.89. The van der Waals surface area contributed by atoms with E-state index in [9.17, 15) is 0 Å². The van der Waals surface area contributed by atoms with Gasteiger partial charge in [-0.3, -0.25) is 0 Å². The maximum atomic E-state index is 3.94. The molecule has 0 saturated carbocycles. The Morgan fingerprint density at radius 2 is 1.43 bits per heavy atom. The third kappa shape index (κ3) is 11.8. The molecule has 0 amide bonds. The number of hydrogen-bond acceptors (Lipinski definition) is 0. The summed E-state index contributed by atoms with van der Waals surface area (Å²) in [5.41, 5.74) is 8.77. The molecule has 194 valence electrons. The van der Waals surface area contributed by atoms with Gasteiger partial charge in [-0.25, -0.2) is 0 Å². The molecule has 0 saturated heterocycles. The molecule has 0 heterocycles. The average molecular weight is 491 g/mol. The molecule has 0 bridgehead atoms. The van der Waals surface area contributed by atoms with Gasteiger partial charge in [0.2, 0.25) is 0 Å². The van der Waals surface area contributed by atoms with Gasteiger partial charge >= 0.3 is 0 Å². The molecule has 1 aromatic carbocycles. The summed E-state index contributed by atoms with van der Waals surface area (Å²) in [4.78, 5) is 0. The van der Waals surface area contributed by atoms with Gasteiger partial charge in [-0.2, -0.15) is 0 Å². The molecule has 0 heteroatoms. The molecular weight excluding hydrogens is 444 g/mol. The van der Waals surface area contributed by atoms with Crippen molar-refractivity contribution < 1.29 is 0 Å². The Labute approximate surface area is 227 Å². The first-order valence-electron chi connectivity index (χ1n) is 13.5. The normalized spacial score (nSPS) is 14.9. The lowest BCUT2D eigenvalue weighted by molar-refractivity contribution is 1.02. The Morgan fingerprint density at radius 1 is 0.757 bits per heavy atom. The van der Waals surface area contributed by atoms with Gasteiger partial charge in [0.15, 0.2) is 0 Å². The monoisotopic (exact) mass is 490 g/mol. The van der Waals surface area contributed by atoms with Gasteiger partial charge < -0.3 is 0 Å². The van der Waals surface area contributed by atoms with Crippen LogP contribution in [-0.4, -0.2) is 0 Å². The predicted octanol–water partition coefficient (Wildman–Crippen LogP) is 11.3. The second-order valence-corrected chi connectivity index (χ2v) is 8.57. The van der Waals surface area contributed by atoms with Crippen LogP contribution in [0, 0.1) is 6.92 Å². The molecule has 0 aliphatic heterocycles. The van der Waals surface area contributed by atoms with Crippen LogP contribution < -0.4 is 0 Å². The van der Waals surface area contributed by atoms with Crippen LogP contribution in [0.4, 0.5) is 0 Å². The molecule has 0 aromatic heterocycles. The quantitative estimate of drug-likeness (QED) is 0.227. The van der Waals surface area contributed by atoms with Gasteiger partial charge in [-0.1, -0.05) is 149 Å². The fourth-order valence-electron chi connectivity index (χ4n) is 3.89. The zero-order valence-corrected chi connectivity index (χ0v) is 23.9. The van der Waals surface area contributed by atoms with Crippen molar-refractivity contribution >= 4 is 5.57 Å². The summed E-state index contributed by atoms with van der Waals surface area (Å²) in [6, 6.07) is 8.50. The third-order valence-corrected chi connectivity index (χ3v) is 5.92. The zero-order valence-electron chi connectivity index (χ0n) is 23.9. The molecule has 0 atom stereocenters. The summed E-state index contributed by atoms with van der Waals surface area (Å²) in [6.45, 7) is 16.8. The standard InChI is InChI=1S/C37H46/c1-8-14-16-17-25-32(24-15-9-2)26-20-27-33(11-4)34(12-5)28-21-29-35(13-6)37(22-10-3)36-30-19-18-23-31(36)7/h8,10,13-30H,3,9,11-12H2,1-2,4-7H3/b14-8-,17-16+,24-15-,26-20+,29-21+,32-25+,33-27-,34-28-,35-13+,37-22-. The van der Waals surface area contributed by atoms with Crippen LogP contribution in [-0.2, 0) is 0 Å². The summed E-state index contributed by atoms with van der Waals surface area (Å²) in [5, 5.41) is 0. The molecular formula is C37H46.